The van der Waals surface area contributed by atoms with Crippen molar-refractivity contribution in [3.8, 4) is 0 Å². The molecule has 1 atom stereocenters. The summed E-state index contributed by atoms with van der Waals surface area (Å²) in [4.78, 5) is 19.2. The number of carbonyl (C=O) groups is 1. The number of likely N-dealkylation sites (tertiary alicyclic amines) is 1. The van der Waals surface area contributed by atoms with Gasteiger partial charge in [0.05, 0.1) is 11.6 Å². The molecule has 10 heteroatoms. The Morgan fingerprint density at radius 2 is 1.97 bits per heavy atom. The molecular formula is C21H22ClFN4O3S. The summed E-state index contributed by atoms with van der Waals surface area (Å²) in [5.41, 5.74) is 0.723. The van der Waals surface area contributed by atoms with Gasteiger partial charge in [-0.3, -0.25) is 14.1 Å². The summed E-state index contributed by atoms with van der Waals surface area (Å²) in [6.45, 7) is 1.66. The number of halogens is 2. The average molecular weight is 465 g/mol. The van der Waals surface area contributed by atoms with Crippen molar-refractivity contribution in [3.05, 3.63) is 64.7 Å². The smallest absolute Gasteiger partial charge is 0.272 e. The second kappa shape index (κ2) is 8.57. The molecule has 2 aromatic heterocycles. The number of benzene rings is 1. The number of sulfone groups is 1. The molecule has 1 saturated heterocycles. The third kappa shape index (κ3) is 4.30. The fraction of sp³-hybridized carbons (Fsp3) is 0.333. The normalized spacial score (nSPS) is 16.0. The van der Waals surface area contributed by atoms with Crippen LogP contribution in [0.2, 0.25) is 5.02 Å². The summed E-state index contributed by atoms with van der Waals surface area (Å²) >= 11 is 6.30. The van der Waals surface area contributed by atoms with Crippen LogP contribution < -0.4 is 5.32 Å². The molecule has 0 aliphatic carbocycles. The number of amides is 1. The fourth-order valence-electron chi connectivity index (χ4n) is 4.01. The van der Waals surface area contributed by atoms with Gasteiger partial charge in [0, 0.05) is 29.6 Å². The van der Waals surface area contributed by atoms with Crippen LogP contribution in [0.4, 0.5) is 4.39 Å². The molecule has 1 N–H and O–H groups in total. The van der Waals surface area contributed by atoms with E-state index in [0.717, 1.165) is 32.2 Å². The number of hydrogen-bond donors (Lipinski definition) is 1. The van der Waals surface area contributed by atoms with Gasteiger partial charge < -0.3 is 5.32 Å². The van der Waals surface area contributed by atoms with Crippen molar-refractivity contribution in [1.82, 2.24) is 19.6 Å². The Balaban J connectivity index is 1.65. The number of nitrogens with zero attached hydrogens (tertiary/aromatic N) is 3. The topological polar surface area (TPSA) is 83.8 Å². The molecule has 7 nitrogen and oxygen atoms in total. The number of aromatic nitrogens is 2. The molecular weight excluding hydrogens is 443 g/mol. The van der Waals surface area contributed by atoms with Crippen LogP contribution in [0.1, 0.15) is 34.9 Å². The highest BCUT2D eigenvalue weighted by Gasteiger charge is 2.29. The molecule has 0 spiro atoms. The van der Waals surface area contributed by atoms with Gasteiger partial charge in [-0.15, -0.1) is 0 Å². The van der Waals surface area contributed by atoms with Crippen molar-refractivity contribution in [1.29, 1.82) is 0 Å². The van der Waals surface area contributed by atoms with E-state index in [2.05, 4.69) is 15.2 Å². The molecule has 1 aromatic carbocycles. The predicted octanol–water partition coefficient (Wildman–Crippen LogP) is 3.10. The molecule has 1 fully saturated rings. The number of pyridine rings is 1. The standard InChI is InChI=1S/C21H22ClFN4O3S/c1-31(29,30)21-25-19(16-9-2-3-12-27(16)21)20(28)24-13-17(26-10-4-5-11-26)18-14(22)7-6-8-15(18)23/h2-3,6-9,12,17H,4-5,10-11,13H2,1H3,(H,24,28). The molecule has 1 aliphatic rings. The van der Waals surface area contributed by atoms with Crippen molar-refractivity contribution in [3.63, 3.8) is 0 Å². The van der Waals surface area contributed by atoms with E-state index < -0.39 is 27.6 Å². The van der Waals surface area contributed by atoms with Crippen LogP contribution in [-0.2, 0) is 9.84 Å². The zero-order chi connectivity index (χ0) is 22.2. The fourth-order valence-corrected chi connectivity index (χ4v) is 5.07. The number of fused-ring (bicyclic) bond motifs is 1. The van der Waals surface area contributed by atoms with E-state index in [1.165, 1.54) is 10.5 Å². The van der Waals surface area contributed by atoms with Crippen molar-refractivity contribution in [2.24, 2.45) is 0 Å². The largest absolute Gasteiger partial charge is 0.349 e. The Morgan fingerprint density at radius 3 is 2.65 bits per heavy atom. The molecule has 0 radical (unpaired) electrons. The monoisotopic (exact) mass is 464 g/mol. The Bertz CT molecular complexity index is 1220. The molecule has 1 unspecified atom stereocenters. The van der Waals surface area contributed by atoms with Gasteiger partial charge in [-0.2, -0.15) is 0 Å². The van der Waals surface area contributed by atoms with Crippen LogP contribution in [0.5, 0.6) is 0 Å². The minimum atomic E-state index is -3.64. The SMILES string of the molecule is CS(=O)(=O)c1nc(C(=O)NCC(c2c(F)cccc2Cl)N2CCCC2)c2ccccn12. The molecule has 0 saturated carbocycles. The molecule has 3 heterocycles. The molecule has 4 rings (SSSR count). The van der Waals surface area contributed by atoms with E-state index in [1.54, 1.807) is 36.5 Å². The molecule has 0 bridgehead atoms. The van der Waals surface area contributed by atoms with Crippen LogP contribution in [0.3, 0.4) is 0 Å². The van der Waals surface area contributed by atoms with Gasteiger partial charge in [0.25, 0.3) is 5.91 Å². The van der Waals surface area contributed by atoms with Gasteiger partial charge in [-0.05, 0) is 50.2 Å². The summed E-state index contributed by atoms with van der Waals surface area (Å²) in [7, 11) is -3.64. The first-order valence-corrected chi connectivity index (χ1v) is 12.2. The minimum absolute atomic E-state index is 0.000766. The highest BCUT2D eigenvalue weighted by Crippen LogP contribution is 2.32. The lowest BCUT2D eigenvalue weighted by atomic mass is 10.0. The minimum Gasteiger partial charge on any atom is -0.349 e. The Hall–Kier alpha value is -2.49. The number of rotatable bonds is 6. The van der Waals surface area contributed by atoms with Crippen molar-refractivity contribution < 1.29 is 17.6 Å². The number of nitrogens with one attached hydrogen (secondary N) is 1. The zero-order valence-electron chi connectivity index (χ0n) is 16.9. The average Bonchev–Trinajstić information content (AvgIpc) is 3.37. The summed E-state index contributed by atoms with van der Waals surface area (Å²) in [6.07, 6.45) is 4.56. The van der Waals surface area contributed by atoms with E-state index in [9.17, 15) is 17.6 Å². The summed E-state index contributed by atoms with van der Waals surface area (Å²) < 4.78 is 40.2. The Labute approximate surface area is 184 Å². The van der Waals surface area contributed by atoms with Gasteiger partial charge in [0.15, 0.2) is 5.69 Å². The third-order valence-electron chi connectivity index (χ3n) is 5.43. The molecule has 1 amide bonds. The number of imidazole rings is 1. The van der Waals surface area contributed by atoms with Crippen LogP contribution >= 0.6 is 11.6 Å². The molecule has 1 aliphatic heterocycles. The molecule has 3 aromatic rings. The van der Waals surface area contributed by atoms with E-state index in [0.29, 0.717) is 16.1 Å². The number of hydrogen-bond acceptors (Lipinski definition) is 5. The predicted molar refractivity (Wildman–Crippen MR) is 116 cm³/mol. The van der Waals surface area contributed by atoms with Crippen molar-refractivity contribution in [2.45, 2.75) is 24.0 Å². The van der Waals surface area contributed by atoms with Crippen molar-refractivity contribution in [2.75, 3.05) is 25.9 Å². The Morgan fingerprint density at radius 1 is 1.23 bits per heavy atom. The second-order valence-corrected chi connectivity index (χ2v) is 9.89. The maximum absolute atomic E-state index is 14.6. The van der Waals surface area contributed by atoms with Gasteiger partial charge >= 0.3 is 0 Å². The number of carbonyl (C=O) groups excluding carboxylic acids is 1. The maximum atomic E-state index is 14.6. The van der Waals surface area contributed by atoms with Gasteiger partial charge in [-0.25, -0.2) is 17.8 Å². The van der Waals surface area contributed by atoms with E-state index in [-0.39, 0.29) is 17.4 Å². The maximum Gasteiger partial charge on any atom is 0.272 e. The highest BCUT2D eigenvalue weighted by atomic mass is 35.5. The molecule has 164 valence electrons. The first kappa shape index (κ1) is 21.7. The zero-order valence-corrected chi connectivity index (χ0v) is 18.5. The van der Waals surface area contributed by atoms with E-state index >= 15 is 0 Å². The summed E-state index contributed by atoms with van der Waals surface area (Å²) in [5.74, 6) is -0.958. The van der Waals surface area contributed by atoms with Gasteiger partial charge in [0.1, 0.15) is 5.82 Å². The van der Waals surface area contributed by atoms with E-state index in [1.807, 2.05) is 0 Å². The van der Waals surface area contributed by atoms with Gasteiger partial charge in [-0.1, -0.05) is 23.7 Å². The highest BCUT2D eigenvalue weighted by molar-refractivity contribution is 7.90. The van der Waals surface area contributed by atoms with Crippen LogP contribution in [0.15, 0.2) is 47.8 Å². The van der Waals surface area contributed by atoms with Gasteiger partial charge in [0.2, 0.25) is 15.0 Å². The Kier molecular flexibility index (Phi) is 6.00. The summed E-state index contributed by atoms with van der Waals surface area (Å²) in [6, 6.07) is 9.08. The third-order valence-corrected chi connectivity index (χ3v) is 6.71. The van der Waals surface area contributed by atoms with Crippen LogP contribution in [0, 0.1) is 5.82 Å². The summed E-state index contributed by atoms with van der Waals surface area (Å²) in [5, 5.41) is 2.91. The van der Waals surface area contributed by atoms with Crippen LogP contribution in [-0.4, -0.2) is 54.5 Å². The lowest BCUT2D eigenvalue weighted by Gasteiger charge is -2.29. The molecule has 31 heavy (non-hydrogen) atoms. The van der Waals surface area contributed by atoms with Crippen LogP contribution in [0.25, 0.3) is 5.52 Å². The van der Waals surface area contributed by atoms with Crippen molar-refractivity contribution >= 4 is 32.9 Å². The lowest BCUT2D eigenvalue weighted by Crippen LogP contribution is -2.37. The lowest BCUT2D eigenvalue weighted by molar-refractivity contribution is 0.0934. The first-order valence-electron chi connectivity index (χ1n) is 9.90. The second-order valence-electron chi connectivity index (χ2n) is 7.58. The quantitative estimate of drug-likeness (QED) is 0.606. The van der Waals surface area contributed by atoms with E-state index in [4.69, 9.17) is 11.6 Å². The first-order chi connectivity index (χ1) is 14.8.